The van der Waals surface area contributed by atoms with Crippen LogP contribution < -0.4 is 0 Å². The summed E-state index contributed by atoms with van der Waals surface area (Å²) in [7, 11) is -1.03. The Labute approximate surface area is 122 Å². The van der Waals surface area contributed by atoms with Gasteiger partial charge in [-0.05, 0) is 33.8 Å². The van der Waals surface area contributed by atoms with E-state index in [0.717, 1.165) is 11.3 Å². The van der Waals surface area contributed by atoms with Crippen molar-refractivity contribution in [2.45, 2.75) is 45.8 Å². The number of ketones is 1. The number of nitrogens with zero attached hydrogens (tertiary/aromatic N) is 1. The van der Waals surface area contributed by atoms with Gasteiger partial charge >= 0.3 is 7.12 Å². The van der Waals surface area contributed by atoms with E-state index in [4.69, 9.17) is 9.31 Å². The van der Waals surface area contributed by atoms with Crippen molar-refractivity contribution in [2.24, 2.45) is 0 Å². The van der Waals surface area contributed by atoms with Crippen LogP contribution in [0.5, 0.6) is 0 Å². The summed E-state index contributed by atoms with van der Waals surface area (Å²) in [5.74, 6) is -0.134. The Hall–Kier alpha value is -1.05. The molecule has 20 heavy (non-hydrogen) atoms. The number of carbonyl (C=O) groups excluding carboxylic acids is 1. The second kappa shape index (κ2) is 5.05. The largest absolute Gasteiger partial charge is 0.525 e. The molecule has 0 aromatic carbocycles. The summed E-state index contributed by atoms with van der Waals surface area (Å²) >= 11 is 1.14. The molecule has 2 heterocycles. The minimum atomic E-state index is -1.03. The van der Waals surface area contributed by atoms with Crippen LogP contribution in [0.2, 0.25) is 0 Å². The molecule has 0 saturated carbocycles. The summed E-state index contributed by atoms with van der Waals surface area (Å²) in [4.78, 5) is 15.6. The fourth-order valence-electron chi connectivity index (χ4n) is 1.68. The summed E-state index contributed by atoms with van der Waals surface area (Å²) in [6, 6.07) is 0. The number of hydrogen-bond acceptors (Lipinski definition) is 5. The van der Waals surface area contributed by atoms with Gasteiger partial charge in [0, 0.05) is 18.0 Å². The van der Waals surface area contributed by atoms with Gasteiger partial charge in [0.1, 0.15) is 5.73 Å². The van der Waals surface area contributed by atoms with Crippen LogP contribution >= 0.6 is 11.3 Å². The summed E-state index contributed by atoms with van der Waals surface area (Å²) < 4.78 is 25.4. The first-order chi connectivity index (χ1) is 9.12. The number of aromatic nitrogens is 1. The topological polar surface area (TPSA) is 48.4 Å². The molecule has 0 amide bonds. The molecule has 0 bridgehead atoms. The SMILES string of the molecule is CC(=O)c1ncc(C=C(F)B2OC(C)(C)C(C)(C)O2)s1. The summed E-state index contributed by atoms with van der Waals surface area (Å²) in [5.41, 5.74) is -1.69. The number of rotatable bonds is 3. The van der Waals surface area contributed by atoms with Crippen LogP contribution in [0.3, 0.4) is 0 Å². The van der Waals surface area contributed by atoms with E-state index in [1.54, 1.807) is 0 Å². The number of hydrogen-bond donors (Lipinski definition) is 0. The van der Waals surface area contributed by atoms with Crippen molar-refractivity contribution in [3.8, 4) is 0 Å². The first-order valence-corrected chi connectivity index (χ1v) is 7.13. The molecule has 0 atom stereocenters. The van der Waals surface area contributed by atoms with Gasteiger partial charge in [0.25, 0.3) is 0 Å². The van der Waals surface area contributed by atoms with Crippen molar-refractivity contribution >= 4 is 30.3 Å². The van der Waals surface area contributed by atoms with E-state index < -0.39 is 24.0 Å². The Bertz CT molecular complexity index is 552. The molecule has 1 aliphatic heterocycles. The van der Waals surface area contributed by atoms with E-state index in [0.29, 0.717) is 9.88 Å². The molecule has 1 aromatic heterocycles. The Morgan fingerprint density at radius 3 is 2.35 bits per heavy atom. The Balaban J connectivity index is 2.17. The van der Waals surface area contributed by atoms with Crippen LogP contribution in [0.25, 0.3) is 6.08 Å². The summed E-state index contributed by atoms with van der Waals surface area (Å²) in [6.45, 7) is 8.88. The Morgan fingerprint density at radius 1 is 1.35 bits per heavy atom. The summed E-state index contributed by atoms with van der Waals surface area (Å²) in [6.07, 6.45) is 2.76. The third kappa shape index (κ3) is 2.84. The highest BCUT2D eigenvalue weighted by Gasteiger charge is 2.53. The molecule has 0 radical (unpaired) electrons. The molecule has 0 unspecified atom stereocenters. The van der Waals surface area contributed by atoms with Crippen LogP contribution in [0.1, 0.15) is 49.3 Å². The van der Waals surface area contributed by atoms with E-state index >= 15 is 0 Å². The van der Waals surface area contributed by atoms with Gasteiger partial charge < -0.3 is 9.31 Å². The molecule has 108 valence electrons. The zero-order chi connectivity index (χ0) is 15.1. The fourth-order valence-corrected chi connectivity index (χ4v) is 2.42. The molecule has 1 fully saturated rings. The van der Waals surface area contributed by atoms with Gasteiger partial charge in [-0.1, -0.05) is 0 Å². The van der Waals surface area contributed by atoms with Crippen LogP contribution in [0, 0.1) is 0 Å². The lowest BCUT2D eigenvalue weighted by atomic mass is 9.87. The zero-order valence-corrected chi connectivity index (χ0v) is 13.0. The molecule has 1 aliphatic rings. The predicted octanol–water partition coefficient (Wildman–Crippen LogP) is 3.29. The second-order valence-electron chi connectivity index (χ2n) is 5.74. The lowest BCUT2D eigenvalue weighted by molar-refractivity contribution is 0.00578. The molecule has 0 spiro atoms. The minimum absolute atomic E-state index is 0.134. The molecule has 4 nitrogen and oxygen atoms in total. The van der Waals surface area contributed by atoms with Crippen molar-refractivity contribution < 1.29 is 18.5 Å². The van der Waals surface area contributed by atoms with Crippen LogP contribution in [0.4, 0.5) is 4.39 Å². The standard InChI is InChI=1S/C13H17BFNO3S/c1-8(17)11-16-7-9(20-11)6-10(15)14-18-12(2,3)13(4,5)19-14/h6-7H,1-5H3. The zero-order valence-electron chi connectivity index (χ0n) is 12.2. The maximum atomic E-state index is 14.2. The van der Waals surface area contributed by atoms with Gasteiger partial charge in [0.15, 0.2) is 10.8 Å². The molecule has 1 saturated heterocycles. The highest BCUT2D eigenvalue weighted by molar-refractivity contribution is 7.14. The molecule has 7 heteroatoms. The monoisotopic (exact) mass is 297 g/mol. The smallest absolute Gasteiger partial charge is 0.398 e. The van der Waals surface area contributed by atoms with Gasteiger partial charge in [-0.25, -0.2) is 9.37 Å². The lowest BCUT2D eigenvalue weighted by Crippen LogP contribution is -2.41. The van der Waals surface area contributed by atoms with Crippen LogP contribution in [-0.4, -0.2) is 29.1 Å². The molecular formula is C13H17BFNO3S. The quantitative estimate of drug-likeness (QED) is 0.634. The minimum Gasteiger partial charge on any atom is -0.398 e. The molecule has 0 N–H and O–H groups in total. The van der Waals surface area contributed by atoms with Crippen molar-refractivity contribution in [1.29, 1.82) is 0 Å². The Morgan fingerprint density at radius 2 is 1.90 bits per heavy atom. The first-order valence-electron chi connectivity index (χ1n) is 6.32. The van der Waals surface area contributed by atoms with E-state index in [1.807, 2.05) is 27.7 Å². The maximum absolute atomic E-state index is 14.2. The third-order valence-corrected chi connectivity index (χ3v) is 4.63. The van der Waals surface area contributed by atoms with Gasteiger partial charge in [0.2, 0.25) is 0 Å². The van der Waals surface area contributed by atoms with E-state index in [2.05, 4.69) is 4.98 Å². The average Bonchev–Trinajstić information content (AvgIpc) is 2.83. The van der Waals surface area contributed by atoms with E-state index in [1.165, 1.54) is 19.2 Å². The second-order valence-corrected chi connectivity index (χ2v) is 6.80. The summed E-state index contributed by atoms with van der Waals surface area (Å²) in [5, 5.41) is 0.359. The highest BCUT2D eigenvalue weighted by atomic mass is 32.1. The van der Waals surface area contributed by atoms with Gasteiger partial charge in [-0.2, -0.15) is 0 Å². The number of halogens is 1. The lowest BCUT2D eigenvalue weighted by Gasteiger charge is -2.32. The number of thiazole rings is 1. The predicted molar refractivity (Wildman–Crippen MR) is 77.3 cm³/mol. The average molecular weight is 297 g/mol. The van der Waals surface area contributed by atoms with Crippen molar-refractivity contribution in [3.05, 3.63) is 21.8 Å². The van der Waals surface area contributed by atoms with Crippen LogP contribution in [0.15, 0.2) is 11.9 Å². The normalized spacial score (nSPS) is 21.3. The van der Waals surface area contributed by atoms with Crippen molar-refractivity contribution in [2.75, 3.05) is 0 Å². The van der Waals surface area contributed by atoms with Crippen LogP contribution in [-0.2, 0) is 9.31 Å². The highest BCUT2D eigenvalue weighted by Crippen LogP contribution is 2.39. The van der Waals surface area contributed by atoms with Gasteiger partial charge in [0.05, 0.1) is 11.2 Å². The Kier molecular flexibility index (Phi) is 3.88. The molecule has 0 aliphatic carbocycles. The number of Topliss-reactive ketones (excluding diaryl/α,β-unsaturated/α-hetero) is 1. The third-order valence-electron chi connectivity index (χ3n) is 3.58. The fraction of sp³-hybridized carbons (Fsp3) is 0.538. The van der Waals surface area contributed by atoms with E-state index in [9.17, 15) is 9.18 Å². The van der Waals surface area contributed by atoms with Gasteiger partial charge in [-0.15, -0.1) is 11.3 Å². The molecule has 1 aromatic rings. The first kappa shape index (κ1) is 15.3. The van der Waals surface area contributed by atoms with Gasteiger partial charge in [-0.3, -0.25) is 4.79 Å². The molecule has 2 rings (SSSR count). The van der Waals surface area contributed by atoms with Crippen molar-refractivity contribution in [3.63, 3.8) is 0 Å². The maximum Gasteiger partial charge on any atom is 0.525 e. The van der Waals surface area contributed by atoms with E-state index in [-0.39, 0.29) is 5.78 Å². The number of carbonyl (C=O) groups is 1. The van der Waals surface area contributed by atoms with Crippen molar-refractivity contribution in [1.82, 2.24) is 4.98 Å². The molecular weight excluding hydrogens is 280 g/mol.